The summed E-state index contributed by atoms with van der Waals surface area (Å²) in [6, 6.07) is 0. The van der Waals surface area contributed by atoms with Crippen molar-refractivity contribution in [2.45, 2.75) is 5.92 Å². The van der Waals surface area contributed by atoms with Crippen LogP contribution in [-0.4, -0.2) is 44.1 Å². The molecule has 2 atom stereocenters. The maximum absolute atomic E-state index is 11.6. The van der Waals surface area contributed by atoms with Gasteiger partial charge in [-0.1, -0.05) is 0 Å². The zero-order chi connectivity index (χ0) is 12.5. The van der Waals surface area contributed by atoms with Crippen LogP contribution in [0.15, 0.2) is 12.4 Å². The number of hydrogen-bond acceptors (Lipinski definition) is 4. The lowest BCUT2D eigenvalue weighted by molar-refractivity contribution is 0.536. The molecule has 0 spiro atoms. The number of nitrogens with one attached hydrogen (secondary N) is 2. The minimum absolute atomic E-state index is 0.108. The monoisotopic (exact) mass is 258 g/mol. The van der Waals surface area contributed by atoms with Crippen molar-refractivity contribution < 1.29 is 8.42 Å². The maximum Gasteiger partial charge on any atom is 0.211 e. The average Bonchev–Trinajstić information content (AvgIpc) is 2.86. The summed E-state index contributed by atoms with van der Waals surface area (Å²) in [5.41, 5.74) is 1.11. The van der Waals surface area contributed by atoms with Gasteiger partial charge in [0.2, 0.25) is 10.0 Å². The van der Waals surface area contributed by atoms with Crippen molar-refractivity contribution in [3.8, 4) is 0 Å². The molecule has 0 amide bonds. The minimum atomic E-state index is -3.15. The molecule has 6 nitrogen and oxygen atoms in total. The van der Waals surface area contributed by atoms with Crippen molar-refractivity contribution in [1.82, 2.24) is 19.8 Å². The first-order valence-corrected chi connectivity index (χ1v) is 7.27. The van der Waals surface area contributed by atoms with E-state index in [0.717, 1.165) is 18.7 Å². The Balaban J connectivity index is 2.13. The smallest absolute Gasteiger partial charge is 0.211 e. The molecule has 2 heterocycles. The third kappa shape index (κ3) is 2.85. The van der Waals surface area contributed by atoms with Gasteiger partial charge in [-0.2, -0.15) is 5.10 Å². The van der Waals surface area contributed by atoms with Crippen LogP contribution < -0.4 is 10.0 Å². The highest BCUT2D eigenvalue weighted by molar-refractivity contribution is 7.89. The topological polar surface area (TPSA) is 76.0 Å². The van der Waals surface area contributed by atoms with Crippen LogP contribution in [0.25, 0.3) is 0 Å². The van der Waals surface area contributed by atoms with E-state index in [4.69, 9.17) is 0 Å². The summed E-state index contributed by atoms with van der Waals surface area (Å²) in [7, 11) is 0.167. The summed E-state index contributed by atoms with van der Waals surface area (Å²) in [4.78, 5) is 0. The molecule has 1 fully saturated rings. The molecule has 7 heteroatoms. The minimum Gasteiger partial charge on any atom is -0.316 e. The molecular weight excluding hydrogens is 240 g/mol. The standard InChI is InChI=1S/C10H18N4O2S/c1-11-17(15,16)7-9-3-12-5-10(9)8-4-13-14(2)6-8/h4,6,9-12H,3,5,7H2,1-2H3. The Morgan fingerprint density at radius 2 is 2.35 bits per heavy atom. The number of nitrogens with zero attached hydrogens (tertiary/aromatic N) is 2. The van der Waals surface area contributed by atoms with Crippen molar-refractivity contribution in [3.63, 3.8) is 0 Å². The summed E-state index contributed by atoms with van der Waals surface area (Å²) in [5.74, 6) is 0.499. The Hall–Kier alpha value is -0.920. The van der Waals surface area contributed by atoms with E-state index in [-0.39, 0.29) is 17.6 Å². The maximum atomic E-state index is 11.6. The van der Waals surface area contributed by atoms with Gasteiger partial charge in [0, 0.05) is 25.7 Å². The molecular formula is C10H18N4O2S. The van der Waals surface area contributed by atoms with Gasteiger partial charge in [-0.3, -0.25) is 4.68 Å². The lowest BCUT2D eigenvalue weighted by atomic mass is 9.92. The molecule has 1 aliphatic heterocycles. The number of rotatable bonds is 4. The average molecular weight is 258 g/mol. The number of hydrogen-bond donors (Lipinski definition) is 2. The van der Waals surface area contributed by atoms with Gasteiger partial charge in [-0.15, -0.1) is 0 Å². The van der Waals surface area contributed by atoms with E-state index in [9.17, 15) is 8.42 Å². The first-order valence-electron chi connectivity index (χ1n) is 5.62. The molecule has 1 aromatic heterocycles. The van der Waals surface area contributed by atoms with Crippen molar-refractivity contribution in [1.29, 1.82) is 0 Å². The molecule has 0 saturated carbocycles. The zero-order valence-corrected chi connectivity index (χ0v) is 10.9. The molecule has 2 N–H and O–H groups in total. The highest BCUT2D eigenvalue weighted by Gasteiger charge is 2.32. The van der Waals surface area contributed by atoms with E-state index in [2.05, 4.69) is 15.1 Å². The molecule has 0 bridgehead atoms. The van der Waals surface area contributed by atoms with Gasteiger partial charge in [0.05, 0.1) is 11.9 Å². The van der Waals surface area contributed by atoms with Crippen LogP contribution in [0.3, 0.4) is 0 Å². The van der Waals surface area contributed by atoms with Crippen LogP contribution in [0.5, 0.6) is 0 Å². The summed E-state index contributed by atoms with van der Waals surface area (Å²) >= 11 is 0. The predicted octanol–water partition coefficient (Wildman–Crippen LogP) is -0.728. The Bertz CT molecular complexity index is 482. The van der Waals surface area contributed by atoms with Gasteiger partial charge in [-0.05, 0) is 25.1 Å². The fraction of sp³-hybridized carbons (Fsp3) is 0.700. The van der Waals surface area contributed by atoms with E-state index in [0.29, 0.717) is 0 Å². The molecule has 2 rings (SSSR count). The van der Waals surface area contributed by atoms with Gasteiger partial charge in [0.1, 0.15) is 0 Å². The van der Waals surface area contributed by atoms with Crippen molar-refractivity contribution >= 4 is 10.0 Å². The fourth-order valence-electron chi connectivity index (χ4n) is 2.30. The summed E-state index contributed by atoms with van der Waals surface area (Å²) in [6.07, 6.45) is 3.77. The predicted molar refractivity (Wildman–Crippen MR) is 65.2 cm³/mol. The van der Waals surface area contributed by atoms with E-state index in [1.54, 1.807) is 4.68 Å². The van der Waals surface area contributed by atoms with Gasteiger partial charge in [0.15, 0.2) is 0 Å². The van der Waals surface area contributed by atoms with Crippen LogP contribution in [-0.2, 0) is 17.1 Å². The second-order valence-electron chi connectivity index (χ2n) is 4.46. The highest BCUT2D eigenvalue weighted by Crippen LogP contribution is 2.28. The largest absolute Gasteiger partial charge is 0.316 e. The number of sulfonamides is 1. The van der Waals surface area contributed by atoms with Gasteiger partial charge in [-0.25, -0.2) is 13.1 Å². The highest BCUT2D eigenvalue weighted by atomic mass is 32.2. The van der Waals surface area contributed by atoms with Gasteiger partial charge >= 0.3 is 0 Å². The fourth-order valence-corrected chi connectivity index (χ4v) is 3.38. The molecule has 96 valence electrons. The van der Waals surface area contributed by atoms with E-state index in [1.165, 1.54) is 7.05 Å². The molecule has 2 unspecified atom stereocenters. The lowest BCUT2D eigenvalue weighted by Gasteiger charge is -2.16. The van der Waals surface area contributed by atoms with Gasteiger partial charge in [0.25, 0.3) is 0 Å². The number of aryl methyl sites for hydroxylation is 1. The lowest BCUT2D eigenvalue weighted by Crippen LogP contribution is -2.29. The van der Waals surface area contributed by atoms with Gasteiger partial charge < -0.3 is 5.32 Å². The molecule has 0 aromatic carbocycles. The number of aromatic nitrogens is 2. The Morgan fingerprint density at radius 3 is 2.94 bits per heavy atom. The Kier molecular flexibility index (Phi) is 3.50. The van der Waals surface area contributed by atoms with Crippen molar-refractivity contribution in [3.05, 3.63) is 18.0 Å². The third-order valence-electron chi connectivity index (χ3n) is 3.24. The van der Waals surface area contributed by atoms with E-state index >= 15 is 0 Å². The molecule has 1 aromatic rings. The van der Waals surface area contributed by atoms with E-state index in [1.807, 2.05) is 19.4 Å². The SMILES string of the molecule is CNS(=O)(=O)CC1CNCC1c1cnn(C)c1. The van der Waals surface area contributed by atoms with E-state index < -0.39 is 10.0 Å². The third-order valence-corrected chi connectivity index (χ3v) is 4.73. The second kappa shape index (κ2) is 4.75. The Labute approximate surface area is 101 Å². The molecule has 1 aliphatic rings. The Morgan fingerprint density at radius 1 is 1.59 bits per heavy atom. The summed E-state index contributed by atoms with van der Waals surface area (Å²) in [6.45, 7) is 1.55. The van der Waals surface area contributed by atoms with Crippen LogP contribution >= 0.6 is 0 Å². The summed E-state index contributed by atoms with van der Waals surface area (Å²) in [5, 5.41) is 7.38. The van der Waals surface area contributed by atoms with Crippen LogP contribution in [0.2, 0.25) is 0 Å². The molecule has 17 heavy (non-hydrogen) atoms. The summed E-state index contributed by atoms with van der Waals surface area (Å²) < 4.78 is 27.3. The van der Waals surface area contributed by atoms with Crippen molar-refractivity contribution in [2.24, 2.45) is 13.0 Å². The first-order chi connectivity index (χ1) is 8.02. The molecule has 1 saturated heterocycles. The van der Waals surface area contributed by atoms with Crippen molar-refractivity contribution in [2.75, 3.05) is 25.9 Å². The molecule has 0 radical (unpaired) electrons. The first kappa shape index (κ1) is 12.5. The normalized spacial score (nSPS) is 25.3. The van der Waals surface area contributed by atoms with Crippen LogP contribution in [0.1, 0.15) is 11.5 Å². The molecule has 0 aliphatic carbocycles. The van der Waals surface area contributed by atoms with Crippen LogP contribution in [0, 0.1) is 5.92 Å². The second-order valence-corrected chi connectivity index (χ2v) is 6.43. The van der Waals surface area contributed by atoms with Crippen LogP contribution in [0.4, 0.5) is 0 Å². The zero-order valence-electron chi connectivity index (χ0n) is 10.0. The quantitative estimate of drug-likeness (QED) is 0.747.